The van der Waals surface area contributed by atoms with E-state index in [1.54, 1.807) is 20.8 Å². The van der Waals surface area contributed by atoms with E-state index in [2.05, 4.69) is 29.7 Å². The van der Waals surface area contributed by atoms with Crippen LogP contribution >= 0.6 is 0 Å². The molecule has 0 spiro atoms. The number of nitrogens with one attached hydrogen (secondary N) is 1. The third-order valence-electron chi connectivity index (χ3n) is 4.64. The number of amides is 1. The number of hydrogen-bond donors (Lipinski definition) is 1. The second-order valence-corrected chi connectivity index (χ2v) is 8.77. The molecule has 0 aliphatic rings. The van der Waals surface area contributed by atoms with Gasteiger partial charge in [-0.05, 0) is 63.1 Å². The van der Waals surface area contributed by atoms with E-state index in [0.29, 0.717) is 0 Å². The van der Waals surface area contributed by atoms with Gasteiger partial charge in [0.2, 0.25) is 0 Å². The fourth-order valence-corrected chi connectivity index (χ4v) is 3.11. The number of carbonyl (C=O) groups is 3. The fourth-order valence-electron chi connectivity index (χ4n) is 3.11. The van der Waals surface area contributed by atoms with Crippen LogP contribution in [0.5, 0.6) is 0 Å². The van der Waals surface area contributed by atoms with Gasteiger partial charge in [-0.2, -0.15) is 5.48 Å². The zero-order valence-corrected chi connectivity index (χ0v) is 19.2. The van der Waals surface area contributed by atoms with Gasteiger partial charge in [-0.25, -0.2) is 4.79 Å². The number of hydrogen-bond acceptors (Lipinski definition) is 5. The smallest absolute Gasteiger partial charge is 0.332 e. The molecule has 1 N–H and O–H groups in total. The Morgan fingerprint density at radius 3 is 1.88 bits per heavy atom. The maximum Gasteiger partial charge on any atom is 0.332 e. The monoisotopic (exact) mass is 439 g/mol. The molecule has 0 aromatic heterocycles. The highest BCUT2D eigenvalue weighted by Crippen LogP contribution is 2.12. The predicted octanol–water partition coefficient (Wildman–Crippen LogP) is 4.49. The Bertz CT molecular complexity index is 869. The highest BCUT2D eigenvalue weighted by Gasteiger charge is 2.18. The first-order chi connectivity index (χ1) is 15.2. The summed E-state index contributed by atoms with van der Waals surface area (Å²) in [5, 5.41) is 0. The molecule has 0 unspecified atom stereocenters. The number of hydroxylamine groups is 1. The topological polar surface area (TPSA) is 81.7 Å². The van der Waals surface area contributed by atoms with E-state index in [9.17, 15) is 14.4 Å². The first kappa shape index (κ1) is 25.1. The number of aryl methyl sites for hydroxylation is 2. The second kappa shape index (κ2) is 12.6. The molecule has 0 aliphatic carbocycles. The van der Waals surface area contributed by atoms with Gasteiger partial charge in [-0.15, -0.1) is 0 Å². The molecular formula is C26H33NO5. The van der Waals surface area contributed by atoms with Crippen molar-refractivity contribution in [2.75, 3.05) is 0 Å². The van der Waals surface area contributed by atoms with Crippen LogP contribution < -0.4 is 5.48 Å². The van der Waals surface area contributed by atoms with Crippen LogP contribution in [0.4, 0.5) is 0 Å². The van der Waals surface area contributed by atoms with Crippen molar-refractivity contribution in [1.29, 1.82) is 0 Å². The minimum Gasteiger partial charge on any atom is -0.460 e. The van der Waals surface area contributed by atoms with E-state index in [4.69, 9.17) is 9.57 Å². The van der Waals surface area contributed by atoms with E-state index in [1.807, 2.05) is 30.3 Å². The summed E-state index contributed by atoms with van der Waals surface area (Å²) in [5.41, 5.74) is 4.96. The van der Waals surface area contributed by atoms with Crippen LogP contribution in [0.3, 0.4) is 0 Å². The van der Waals surface area contributed by atoms with E-state index in [0.717, 1.165) is 31.2 Å². The highest BCUT2D eigenvalue weighted by molar-refractivity contribution is 5.81. The Morgan fingerprint density at radius 2 is 1.28 bits per heavy atom. The zero-order chi connectivity index (χ0) is 23.4. The van der Waals surface area contributed by atoms with Crippen molar-refractivity contribution >= 4 is 17.8 Å². The standard InChI is InChI=1S/C26H33NO5/c1-26(2,3)31-24(29)17-18-25(30)32-27-23(28)19-22-15-13-21(14-16-22)12-8-7-11-20-9-5-4-6-10-20/h4-6,9-10,13-16H,7-8,11-12,17-19H2,1-3H3,(H,27,28). The second-order valence-electron chi connectivity index (χ2n) is 8.77. The summed E-state index contributed by atoms with van der Waals surface area (Å²) in [6.07, 6.45) is 4.16. The quantitative estimate of drug-likeness (QED) is 0.335. The number of rotatable bonds is 10. The first-order valence-electron chi connectivity index (χ1n) is 11.0. The minimum atomic E-state index is -0.685. The first-order valence-corrected chi connectivity index (χ1v) is 11.0. The van der Waals surface area contributed by atoms with Crippen molar-refractivity contribution in [1.82, 2.24) is 5.48 Å². The molecule has 6 heteroatoms. The SMILES string of the molecule is CC(C)(C)OC(=O)CCC(=O)ONC(=O)Cc1ccc(CCCCc2ccccc2)cc1. The lowest BCUT2D eigenvalue weighted by Crippen LogP contribution is -2.29. The van der Waals surface area contributed by atoms with E-state index >= 15 is 0 Å². The van der Waals surface area contributed by atoms with Gasteiger partial charge >= 0.3 is 11.9 Å². The van der Waals surface area contributed by atoms with E-state index in [-0.39, 0.29) is 19.3 Å². The largest absolute Gasteiger partial charge is 0.460 e. The molecule has 2 aromatic rings. The maximum atomic E-state index is 12.0. The van der Waals surface area contributed by atoms with Crippen LogP contribution in [0.1, 0.15) is 63.1 Å². The Hall–Kier alpha value is -3.15. The molecule has 0 aliphatic heterocycles. The van der Waals surface area contributed by atoms with Crippen molar-refractivity contribution in [3.05, 3.63) is 71.3 Å². The molecular weight excluding hydrogens is 406 g/mol. The summed E-state index contributed by atoms with van der Waals surface area (Å²) in [6.45, 7) is 5.26. The Labute approximate surface area is 190 Å². The van der Waals surface area contributed by atoms with Gasteiger partial charge in [0.15, 0.2) is 0 Å². The zero-order valence-electron chi connectivity index (χ0n) is 19.2. The third-order valence-corrected chi connectivity index (χ3v) is 4.64. The summed E-state index contributed by atoms with van der Waals surface area (Å²) in [7, 11) is 0. The number of unbranched alkanes of at least 4 members (excludes halogenated alkanes) is 1. The van der Waals surface area contributed by atoms with Gasteiger partial charge in [-0.3, -0.25) is 9.59 Å². The van der Waals surface area contributed by atoms with Gasteiger partial charge in [0.1, 0.15) is 5.60 Å². The van der Waals surface area contributed by atoms with Gasteiger partial charge < -0.3 is 9.57 Å². The van der Waals surface area contributed by atoms with Crippen molar-refractivity contribution in [3.8, 4) is 0 Å². The molecule has 0 saturated carbocycles. The molecule has 6 nitrogen and oxygen atoms in total. The summed E-state index contributed by atoms with van der Waals surface area (Å²) >= 11 is 0. The lowest BCUT2D eigenvalue weighted by Gasteiger charge is -2.19. The Balaban J connectivity index is 1.62. The van der Waals surface area contributed by atoms with Crippen LogP contribution in [-0.2, 0) is 43.2 Å². The average molecular weight is 440 g/mol. The van der Waals surface area contributed by atoms with Gasteiger partial charge in [0.05, 0.1) is 19.3 Å². The summed E-state index contributed by atoms with van der Waals surface area (Å²) in [5.74, 6) is -1.60. The van der Waals surface area contributed by atoms with Gasteiger partial charge in [-0.1, -0.05) is 54.6 Å². The molecule has 32 heavy (non-hydrogen) atoms. The molecule has 2 aromatic carbocycles. The molecule has 0 bridgehead atoms. The van der Waals surface area contributed by atoms with Crippen LogP contribution in [0.2, 0.25) is 0 Å². The fraction of sp³-hybridized carbons (Fsp3) is 0.423. The summed E-state index contributed by atoms with van der Waals surface area (Å²) in [6, 6.07) is 18.3. The van der Waals surface area contributed by atoms with Crippen LogP contribution in [0.25, 0.3) is 0 Å². The minimum absolute atomic E-state index is 0.0984. The van der Waals surface area contributed by atoms with Crippen LogP contribution in [0.15, 0.2) is 54.6 Å². The van der Waals surface area contributed by atoms with E-state index < -0.39 is 23.4 Å². The normalized spacial score (nSPS) is 11.0. The molecule has 0 heterocycles. The molecule has 0 radical (unpaired) electrons. The molecule has 0 atom stereocenters. The summed E-state index contributed by atoms with van der Waals surface area (Å²) in [4.78, 5) is 40.0. The van der Waals surface area contributed by atoms with Gasteiger partial charge in [0.25, 0.3) is 5.91 Å². The molecule has 0 saturated heterocycles. The Morgan fingerprint density at radius 1 is 0.750 bits per heavy atom. The Kier molecular flexibility index (Phi) is 9.92. The molecule has 172 valence electrons. The van der Waals surface area contributed by atoms with E-state index in [1.165, 1.54) is 11.1 Å². The van der Waals surface area contributed by atoms with Crippen molar-refractivity contribution < 1.29 is 24.0 Å². The number of carbonyl (C=O) groups excluding carboxylic acids is 3. The summed E-state index contributed by atoms with van der Waals surface area (Å²) < 4.78 is 5.12. The molecule has 0 fully saturated rings. The number of ether oxygens (including phenoxy) is 1. The number of esters is 1. The van der Waals surface area contributed by atoms with Crippen molar-refractivity contribution in [2.24, 2.45) is 0 Å². The lowest BCUT2D eigenvalue weighted by atomic mass is 10.0. The van der Waals surface area contributed by atoms with Crippen molar-refractivity contribution in [3.63, 3.8) is 0 Å². The lowest BCUT2D eigenvalue weighted by molar-refractivity contribution is -0.162. The van der Waals surface area contributed by atoms with Crippen LogP contribution in [0, 0.1) is 0 Å². The van der Waals surface area contributed by atoms with Crippen molar-refractivity contribution in [2.45, 2.75) is 71.3 Å². The highest BCUT2D eigenvalue weighted by atomic mass is 16.7. The number of benzene rings is 2. The average Bonchev–Trinajstić information content (AvgIpc) is 2.74. The van der Waals surface area contributed by atoms with Crippen LogP contribution in [-0.4, -0.2) is 23.4 Å². The predicted molar refractivity (Wildman–Crippen MR) is 123 cm³/mol. The molecule has 1 amide bonds. The van der Waals surface area contributed by atoms with Gasteiger partial charge in [0, 0.05) is 0 Å². The third kappa shape index (κ3) is 10.8. The maximum absolute atomic E-state index is 12.0. The molecule has 2 rings (SSSR count).